The van der Waals surface area contributed by atoms with E-state index >= 15 is 0 Å². The molecule has 1 aliphatic rings. The third kappa shape index (κ3) is 1.52. The SMILES string of the molecule is CC=Cc1cccc2c1OCCO2. The highest BCUT2D eigenvalue weighted by Gasteiger charge is 2.13. The van der Waals surface area contributed by atoms with Crippen molar-refractivity contribution in [1.29, 1.82) is 0 Å². The Morgan fingerprint density at radius 3 is 2.92 bits per heavy atom. The van der Waals surface area contributed by atoms with E-state index in [-0.39, 0.29) is 0 Å². The maximum absolute atomic E-state index is 5.53. The van der Waals surface area contributed by atoms with Gasteiger partial charge in [-0.2, -0.15) is 0 Å². The van der Waals surface area contributed by atoms with Crippen molar-refractivity contribution in [3.8, 4) is 11.5 Å². The van der Waals surface area contributed by atoms with Crippen LogP contribution >= 0.6 is 0 Å². The molecule has 1 aromatic carbocycles. The van der Waals surface area contributed by atoms with E-state index in [0.29, 0.717) is 13.2 Å². The second-order valence-corrected chi connectivity index (χ2v) is 2.87. The Morgan fingerprint density at radius 1 is 1.23 bits per heavy atom. The Kier molecular flexibility index (Phi) is 2.21. The van der Waals surface area contributed by atoms with Crippen molar-refractivity contribution in [1.82, 2.24) is 0 Å². The van der Waals surface area contributed by atoms with Gasteiger partial charge in [0.2, 0.25) is 0 Å². The third-order valence-corrected chi connectivity index (χ3v) is 1.94. The van der Waals surface area contributed by atoms with Crippen molar-refractivity contribution in [2.24, 2.45) is 0 Å². The van der Waals surface area contributed by atoms with Crippen LogP contribution in [-0.2, 0) is 0 Å². The zero-order chi connectivity index (χ0) is 9.10. The van der Waals surface area contributed by atoms with E-state index in [1.165, 1.54) is 0 Å². The average molecular weight is 176 g/mol. The van der Waals surface area contributed by atoms with Gasteiger partial charge in [0, 0.05) is 5.56 Å². The van der Waals surface area contributed by atoms with Gasteiger partial charge in [-0.1, -0.05) is 24.3 Å². The van der Waals surface area contributed by atoms with Crippen molar-refractivity contribution < 1.29 is 9.47 Å². The Hall–Kier alpha value is -1.44. The predicted molar refractivity (Wildman–Crippen MR) is 52.1 cm³/mol. The number of hydrogen-bond acceptors (Lipinski definition) is 2. The molecule has 0 atom stereocenters. The number of benzene rings is 1. The lowest BCUT2D eigenvalue weighted by Gasteiger charge is -2.19. The van der Waals surface area contributed by atoms with Gasteiger partial charge in [0.05, 0.1) is 0 Å². The van der Waals surface area contributed by atoms with Gasteiger partial charge in [0.15, 0.2) is 11.5 Å². The first-order valence-electron chi connectivity index (χ1n) is 4.43. The first-order chi connectivity index (χ1) is 6.42. The van der Waals surface area contributed by atoms with Crippen LogP contribution in [0, 0.1) is 0 Å². The number of ether oxygens (including phenoxy) is 2. The highest BCUT2D eigenvalue weighted by molar-refractivity contribution is 5.62. The fraction of sp³-hybridized carbons (Fsp3) is 0.273. The lowest BCUT2D eigenvalue weighted by Crippen LogP contribution is -2.15. The van der Waals surface area contributed by atoms with E-state index in [9.17, 15) is 0 Å². The fourth-order valence-corrected chi connectivity index (χ4v) is 1.41. The summed E-state index contributed by atoms with van der Waals surface area (Å²) >= 11 is 0. The number of fused-ring (bicyclic) bond motifs is 1. The molecule has 0 saturated heterocycles. The van der Waals surface area contributed by atoms with Crippen LogP contribution in [0.5, 0.6) is 11.5 Å². The first-order valence-corrected chi connectivity index (χ1v) is 4.43. The van der Waals surface area contributed by atoms with Crippen molar-refractivity contribution in [2.75, 3.05) is 13.2 Å². The standard InChI is InChI=1S/C11H12O2/c1-2-4-9-5-3-6-10-11(9)13-8-7-12-10/h2-6H,7-8H2,1H3. The number of rotatable bonds is 1. The van der Waals surface area contributed by atoms with Gasteiger partial charge >= 0.3 is 0 Å². The lowest BCUT2D eigenvalue weighted by atomic mass is 10.1. The van der Waals surface area contributed by atoms with E-state index in [0.717, 1.165) is 17.1 Å². The largest absolute Gasteiger partial charge is 0.486 e. The molecule has 2 heteroatoms. The summed E-state index contributed by atoms with van der Waals surface area (Å²) in [5.41, 5.74) is 1.08. The van der Waals surface area contributed by atoms with Crippen LogP contribution in [-0.4, -0.2) is 13.2 Å². The summed E-state index contributed by atoms with van der Waals surface area (Å²) in [5.74, 6) is 1.72. The minimum atomic E-state index is 0.640. The molecule has 1 aromatic rings. The van der Waals surface area contributed by atoms with E-state index in [1.807, 2.05) is 37.3 Å². The molecule has 1 aliphatic heterocycles. The summed E-state index contributed by atoms with van der Waals surface area (Å²) in [6.07, 6.45) is 4.01. The Bertz CT molecular complexity index is 329. The third-order valence-electron chi connectivity index (χ3n) is 1.94. The fourth-order valence-electron chi connectivity index (χ4n) is 1.41. The van der Waals surface area contributed by atoms with Gasteiger partial charge in [0.1, 0.15) is 13.2 Å². The van der Waals surface area contributed by atoms with Crippen LogP contribution < -0.4 is 9.47 Å². The number of hydrogen-bond donors (Lipinski definition) is 0. The molecular formula is C11H12O2. The van der Waals surface area contributed by atoms with Gasteiger partial charge in [-0.05, 0) is 13.0 Å². The molecule has 0 saturated carbocycles. The second kappa shape index (κ2) is 3.52. The minimum absolute atomic E-state index is 0.640. The van der Waals surface area contributed by atoms with Crippen LogP contribution in [0.25, 0.3) is 6.08 Å². The van der Waals surface area contributed by atoms with Gasteiger partial charge in [0.25, 0.3) is 0 Å². The zero-order valence-electron chi connectivity index (χ0n) is 7.62. The van der Waals surface area contributed by atoms with Crippen LogP contribution in [0.4, 0.5) is 0 Å². The molecule has 2 nitrogen and oxygen atoms in total. The quantitative estimate of drug-likeness (QED) is 0.654. The average Bonchev–Trinajstić information content (AvgIpc) is 2.19. The molecule has 13 heavy (non-hydrogen) atoms. The normalized spacial score (nSPS) is 14.8. The van der Waals surface area contributed by atoms with E-state index in [4.69, 9.17) is 9.47 Å². The van der Waals surface area contributed by atoms with Crippen LogP contribution in [0.1, 0.15) is 12.5 Å². The topological polar surface area (TPSA) is 18.5 Å². The van der Waals surface area contributed by atoms with Crippen molar-refractivity contribution in [3.63, 3.8) is 0 Å². The molecule has 1 heterocycles. The summed E-state index contributed by atoms with van der Waals surface area (Å²) in [5, 5.41) is 0. The maximum atomic E-state index is 5.53. The van der Waals surface area contributed by atoms with Crippen molar-refractivity contribution >= 4 is 6.08 Å². The first kappa shape index (κ1) is 8.17. The van der Waals surface area contributed by atoms with Gasteiger partial charge in [-0.15, -0.1) is 0 Å². The molecule has 0 amide bonds. The van der Waals surface area contributed by atoms with E-state index in [1.54, 1.807) is 0 Å². The van der Waals surface area contributed by atoms with Crippen LogP contribution in [0.2, 0.25) is 0 Å². The molecule has 0 aromatic heterocycles. The summed E-state index contributed by atoms with van der Waals surface area (Å²) in [7, 11) is 0. The number of para-hydroxylation sites is 1. The van der Waals surface area contributed by atoms with Gasteiger partial charge in [-0.25, -0.2) is 0 Å². The summed E-state index contributed by atoms with van der Waals surface area (Å²) in [6, 6.07) is 5.93. The van der Waals surface area contributed by atoms with Crippen molar-refractivity contribution in [2.45, 2.75) is 6.92 Å². The minimum Gasteiger partial charge on any atom is -0.486 e. The lowest BCUT2D eigenvalue weighted by molar-refractivity contribution is 0.171. The zero-order valence-corrected chi connectivity index (χ0v) is 7.62. The molecule has 0 radical (unpaired) electrons. The van der Waals surface area contributed by atoms with E-state index < -0.39 is 0 Å². The summed E-state index contributed by atoms with van der Waals surface area (Å²) in [4.78, 5) is 0. The monoisotopic (exact) mass is 176 g/mol. The van der Waals surface area contributed by atoms with Gasteiger partial charge < -0.3 is 9.47 Å². The number of allylic oxidation sites excluding steroid dienone is 1. The highest BCUT2D eigenvalue weighted by atomic mass is 16.6. The molecule has 0 unspecified atom stereocenters. The summed E-state index contributed by atoms with van der Waals surface area (Å²) < 4.78 is 11.0. The molecule has 0 bridgehead atoms. The smallest absolute Gasteiger partial charge is 0.168 e. The van der Waals surface area contributed by atoms with Crippen LogP contribution in [0.15, 0.2) is 24.3 Å². The molecule has 0 fully saturated rings. The molecule has 0 aliphatic carbocycles. The maximum Gasteiger partial charge on any atom is 0.168 e. The Morgan fingerprint density at radius 2 is 2.08 bits per heavy atom. The molecule has 2 rings (SSSR count). The van der Waals surface area contributed by atoms with Crippen molar-refractivity contribution in [3.05, 3.63) is 29.8 Å². The Balaban J connectivity index is 2.45. The summed E-state index contributed by atoms with van der Waals surface area (Å²) in [6.45, 7) is 3.27. The Labute approximate surface area is 77.8 Å². The molecule has 0 spiro atoms. The molecule has 0 N–H and O–H groups in total. The molecule has 68 valence electrons. The van der Waals surface area contributed by atoms with Gasteiger partial charge in [-0.3, -0.25) is 0 Å². The highest BCUT2D eigenvalue weighted by Crippen LogP contribution is 2.34. The second-order valence-electron chi connectivity index (χ2n) is 2.87. The molecular weight excluding hydrogens is 164 g/mol. The van der Waals surface area contributed by atoms with E-state index in [2.05, 4.69) is 0 Å². The predicted octanol–water partition coefficient (Wildman–Crippen LogP) is 2.49. The van der Waals surface area contributed by atoms with Crippen LogP contribution in [0.3, 0.4) is 0 Å².